The molecule has 2 aromatic carbocycles. The maximum atomic E-state index is 13.0. The summed E-state index contributed by atoms with van der Waals surface area (Å²) in [7, 11) is 0. The number of amides is 1. The number of carbonyl (C=O) groups is 1. The van der Waals surface area contributed by atoms with Gasteiger partial charge in [-0.1, -0.05) is 36.0 Å². The molecule has 0 aliphatic carbocycles. The summed E-state index contributed by atoms with van der Waals surface area (Å²) in [5, 5.41) is 12.4. The molecule has 7 heteroatoms. The molecule has 27 heavy (non-hydrogen) atoms. The van der Waals surface area contributed by atoms with Crippen molar-refractivity contribution in [2.24, 2.45) is 0 Å². The summed E-state index contributed by atoms with van der Waals surface area (Å²) in [6.45, 7) is 6.77. The highest BCUT2D eigenvalue weighted by molar-refractivity contribution is 8.00. The minimum absolute atomic E-state index is 0.0830. The summed E-state index contributed by atoms with van der Waals surface area (Å²) in [5.74, 6) is 0.0830. The Morgan fingerprint density at radius 3 is 2.78 bits per heavy atom. The van der Waals surface area contributed by atoms with Crippen LogP contribution in [0.2, 0.25) is 0 Å². The van der Waals surface area contributed by atoms with Crippen LogP contribution in [0, 0.1) is 13.8 Å². The van der Waals surface area contributed by atoms with E-state index in [-0.39, 0.29) is 11.2 Å². The van der Waals surface area contributed by atoms with Crippen LogP contribution in [0.3, 0.4) is 0 Å². The number of aryl methyl sites for hydroxylation is 2. The molecule has 1 atom stereocenters. The lowest BCUT2D eigenvalue weighted by molar-refractivity contribution is -0.117. The molecule has 0 unspecified atom stereocenters. The summed E-state index contributed by atoms with van der Waals surface area (Å²) in [6, 6.07) is 14.2. The second-order valence-electron chi connectivity index (χ2n) is 6.77. The van der Waals surface area contributed by atoms with Crippen molar-refractivity contribution in [1.29, 1.82) is 0 Å². The molecule has 0 saturated carbocycles. The highest BCUT2D eigenvalue weighted by atomic mass is 32.2. The fraction of sp³-hybridized carbons (Fsp3) is 0.300. The number of thioether (sulfide) groups is 1. The van der Waals surface area contributed by atoms with E-state index in [0.717, 1.165) is 24.3 Å². The molecule has 1 amide bonds. The maximum Gasteiger partial charge on any atom is 0.240 e. The number of benzene rings is 2. The molecule has 0 bridgehead atoms. The van der Waals surface area contributed by atoms with Gasteiger partial charge in [-0.25, -0.2) is 0 Å². The molecular weight excluding hydrogens is 358 g/mol. The first-order valence-electron chi connectivity index (χ1n) is 8.96. The van der Waals surface area contributed by atoms with Gasteiger partial charge in [-0.05, 0) is 72.5 Å². The Bertz CT molecular complexity index is 1000. The SMILES string of the molecule is Cc1ccc(-n2nnnc2S[C@H](C)C(=O)N2CCc3ccccc32)cc1C. The minimum Gasteiger partial charge on any atom is -0.311 e. The van der Waals surface area contributed by atoms with Gasteiger partial charge >= 0.3 is 0 Å². The quantitative estimate of drug-likeness (QED) is 0.651. The van der Waals surface area contributed by atoms with Crippen molar-refractivity contribution in [2.45, 2.75) is 37.6 Å². The Morgan fingerprint density at radius 1 is 1.15 bits per heavy atom. The highest BCUT2D eigenvalue weighted by Gasteiger charge is 2.29. The molecule has 3 aromatic rings. The van der Waals surface area contributed by atoms with Gasteiger partial charge in [0.2, 0.25) is 11.1 Å². The molecule has 138 valence electrons. The summed E-state index contributed by atoms with van der Waals surface area (Å²) >= 11 is 1.39. The van der Waals surface area contributed by atoms with E-state index in [9.17, 15) is 4.79 Å². The lowest BCUT2D eigenvalue weighted by atomic mass is 10.1. The molecule has 0 spiro atoms. The lowest BCUT2D eigenvalue weighted by Gasteiger charge is -2.21. The maximum absolute atomic E-state index is 13.0. The van der Waals surface area contributed by atoms with Gasteiger partial charge in [0.1, 0.15) is 0 Å². The molecule has 0 radical (unpaired) electrons. The fourth-order valence-electron chi connectivity index (χ4n) is 3.27. The Kier molecular flexibility index (Phi) is 4.70. The number of tetrazole rings is 1. The zero-order chi connectivity index (χ0) is 19.0. The predicted octanol–water partition coefficient (Wildman–Crippen LogP) is 3.35. The van der Waals surface area contributed by atoms with Crippen LogP contribution in [0.5, 0.6) is 0 Å². The van der Waals surface area contributed by atoms with E-state index in [0.29, 0.717) is 5.16 Å². The van der Waals surface area contributed by atoms with Gasteiger partial charge < -0.3 is 4.90 Å². The van der Waals surface area contributed by atoms with Crippen molar-refractivity contribution in [3.05, 3.63) is 59.2 Å². The van der Waals surface area contributed by atoms with E-state index >= 15 is 0 Å². The first-order valence-corrected chi connectivity index (χ1v) is 9.84. The van der Waals surface area contributed by atoms with Gasteiger partial charge in [-0.3, -0.25) is 4.79 Å². The van der Waals surface area contributed by atoms with E-state index in [1.807, 2.05) is 36.1 Å². The number of aromatic nitrogens is 4. The Hall–Kier alpha value is -2.67. The second kappa shape index (κ2) is 7.15. The van der Waals surface area contributed by atoms with Crippen LogP contribution in [-0.2, 0) is 11.2 Å². The van der Waals surface area contributed by atoms with E-state index in [4.69, 9.17) is 0 Å². The number of rotatable bonds is 4. The molecule has 4 rings (SSSR count). The van der Waals surface area contributed by atoms with Crippen LogP contribution in [0.1, 0.15) is 23.6 Å². The Balaban J connectivity index is 1.54. The van der Waals surface area contributed by atoms with Crippen LogP contribution in [0.4, 0.5) is 5.69 Å². The zero-order valence-corrected chi connectivity index (χ0v) is 16.4. The van der Waals surface area contributed by atoms with Gasteiger partial charge in [0.25, 0.3) is 0 Å². The smallest absolute Gasteiger partial charge is 0.240 e. The standard InChI is InChI=1S/C20H21N5OS/c1-13-8-9-17(12-14(13)2)25-20(21-22-23-25)27-15(3)19(26)24-11-10-16-6-4-5-7-18(16)24/h4-9,12,15H,10-11H2,1-3H3/t15-/m1/s1. The summed E-state index contributed by atoms with van der Waals surface area (Å²) in [6.07, 6.45) is 0.902. The van der Waals surface area contributed by atoms with Crippen LogP contribution in [-0.4, -0.2) is 37.9 Å². The lowest BCUT2D eigenvalue weighted by Crippen LogP contribution is -2.35. The fourth-order valence-corrected chi connectivity index (χ4v) is 4.14. The monoisotopic (exact) mass is 379 g/mol. The third-order valence-electron chi connectivity index (χ3n) is 4.96. The number of anilines is 1. The van der Waals surface area contributed by atoms with Crippen molar-refractivity contribution >= 4 is 23.4 Å². The molecule has 0 fully saturated rings. The van der Waals surface area contributed by atoms with Crippen LogP contribution < -0.4 is 4.90 Å². The third-order valence-corrected chi connectivity index (χ3v) is 5.98. The van der Waals surface area contributed by atoms with Crippen molar-refractivity contribution in [3.8, 4) is 5.69 Å². The zero-order valence-electron chi connectivity index (χ0n) is 15.6. The second-order valence-corrected chi connectivity index (χ2v) is 8.08. The van der Waals surface area contributed by atoms with Crippen molar-refractivity contribution in [3.63, 3.8) is 0 Å². The van der Waals surface area contributed by atoms with Crippen LogP contribution in [0.25, 0.3) is 5.69 Å². The topological polar surface area (TPSA) is 63.9 Å². The molecule has 0 saturated heterocycles. The van der Waals surface area contributed by atoms with E-state index in [1.165, 1.54) is 28.5 Å². The summed E-state index contributed by atoms with van der Waals surface area (Å²) < 4.78 is 1.69. The Labute approximate surface area is 162 Å². The van der Waals surface area contributed by atoms with Gasteiger partial charge in [-0.15, -0.1) is 5.10 Å². The van der Waals surface area contributed by atoms with Gasteiger partial charge in [0, 0.05) is 12.2 Å². The van der Waals surface area contributed by atoms with Crippen LogP contribution in [0.15, 0.2) is 47.6 Å². The number of hydrogen-bond donors (Lipinski definition) is 0. The molecule has 1 aliphatic rings. The number of carbonyl (C=O) groups excluding carboxylic acids is 1. The van der Waals surface area contributed by atoms with Gasteiger partial charge in [0.05, 0.1) is 10.9 Å². The minimum atomic E-state index is -0.285. The Morgan fingerprint density at radius 2 is 1.96 bits per heavy atom. The molecule has 1 aromatic heterocycles. The van der Waals surface area contributed by atoms with Gasteiger partial charge in [-0.2, -0.15) is 4.68 Å². The van der Waals surface area contributed by atoms with E-state index < -0.39 is 0 Å². The first kappa shape index (κ1) is 17.7. The van der Waals surface area contributed by atoms with Gasteiger partial charge in [0.15, 0.2) is 0 Å². The number of nitrogens with zero attached hydrogens (tertiary/aromatic N) is 5. The van der Waals surface area contributed by atoms with E-state index in [1.54, 1.807) is 4.68 Å². The van der Waals surface area contributed by atoms with E-state index in [2.05, 4.69) is 47.6 Å². The first-order chi connectivity index (χ1) is 13.0. The van der Waals surface area contributed by atoms with Crippen molar-refractivity contribution < 1.29 is 4.79 Å². The third kappa shape index (κ3) is 3.35. The largest absolute Gasteiger partial charge is 0.311 e. The number of hydrogen-bond acceptors (Lipinski definition) is 5. The molecule has 2 heterocycles. The van der Waals surface area contributed by atoms with Crippen molar-refractivity contribution in [2.75, 3.05) is 11.4 Å². The molecular formula is C20H21N5OS. The average Bonchev–Trinajstić information content (AvgIpc) is 3.30. The molecule has 0 N–H and O–H groups in total. The average molecular weight is 379 g/mol. The predicted molar refractivity (Wildman–Crippen MR) is 106 cm³/mol. The highest BCUT2D eigenvalue weighted by Crippen LogP contribution is 2.31. The summed E-state index contributed by atoms with van der Waals surface area (Å²) in [5.41, 5.74) is 5.54. The normalized spacial score (nSPS) is 14.3. The van der Waals surface area contributed by atoms with Crippen molar-refractivity contribution in [1.82, 2.24) is 20.2 Å². The van der Waals surface area contributed by atoms with Crippen LogP contribution >= 0.6 is 11.8 Å². The molecule has 6 nitrogen and oxygen atoms in total. The summed E-state index contributed by atoms with van der Waals surface area (Å²) in [4.78, 5) is 14.9. The number of fused-ring (bicyclic) bond motifs is 1. The number of para-hydroxylation sites is 1. The molecule has 1 aliphatic heterocycles.